The molecule has 0 amide bonds. The summed E-state index contributed by atoms with van der Waals surface area (Å²) >= 11 is 0. The van der Waals surface area contributed by atoms with Crippen molar-refractivity contribution in [2.75, 3.05) is 9.80 Å². The van der Waals surface area contributed by atoms with E-state index in [1.54, 1.807) is 0 Å². The first-order valence-electron chi connectivity index (χ1n) is 17.3. The number of benzene rings is 8. The van der Waals surface area contributed by atoms with Gasteiger partial charge in [-0.25, -0.2) is 0 Å². The van der Waals surface area contributed by atoms with Crippen LogP contribution in [0.3, 0.4) is 0 Å². The molecule has 0 saturated carbocycles. The molecule has 9 aromatic rings. The van der Waals surface area contributed by atoms with Gasteiger partial charge in [0.05, 0.1) is 5.69 Å². The van der Waals surface area contributed by atoms with E-state index in [2.05, 4.69) is 210 Å². The number of hydrogen-bond acceptors (Lipinski definition) is 3. The summed E-state index contributed by atoms with van der Waals surface area (Å²) < 4.78 is 6.81. The van der Waals surface area contributed by atoms with Crippen molar-refractivity contribution < 1.29 is 4.42 Å². The van der Waals surface area contributed by atoms with Gasteiger partial charge in [-0.1, -0.05) is 133 Å². The predicted molar refractivity (Wildman–Crippen MR) is 214 cm³/mol. The predicted octanol–water partition coefficient (Wildman–Crippen LogP) is 13.9. The third-order valence-electron chi connectivity index (χ3n) is 9.44. The number of anilines is 6. The molecule has 3 heteroatoms. The maximum atomic E-state index is 6.81. The van der Waals surface area contributed by atoms with E-state index in [1.807, 2.05) is 6.07 Å². The first-order chi connectivity index (χ1) is 25.3. The Balaban J connectivity index is 1.26. The van der Waals surface area contributed by atoms with Crippen molar-refractivity contribution in [1.82, 2.24) is 0 Å². The molecule has 1 aromatic heterocycles. The Bertz CT molecular complexity index is 2520. The van der Waals surface area contributed by atoms with Crippen molar-refractivity contribution in [3.63, 3.8) is 0 Å². The highest BCUT2D eigenvalue weighted by molar-refractivity contribution is 6.13. The lowest BCUT2D eigenvalue weighted by Gasteiger charge is -2.29. The van der Waals surface area contributed by atoms with E-state index in [-0.39, 0.29) is 0 Å². The van der Waals surface area contributed by atoms with E-state index in [1.165, 1.54) is 5.56 Å². The minimum Gasteiger partial charge on any atom is -0.454 e. The average molecular weight is 655 g/mol. The van der Waals surface area contributed by atoms with E-state index < -0.39 is 0 Å². The third kappa shape index (κ3) is 5.71. The molecule has 9 rings (SSSR count). The Kier molecular flexibility index (Phi) is 7.84. The molecule has 0 bridgehead atoms. The van der Waals surface area contributed by atoms with Gasteiger partial charge < -0.3 is 14.2 Å². The van der Waals surface area contributed by atoms with E-state index in [0.717, 1.165) is 72.8 Å². The second-order valence-corrected chi connectivity index (χ2v) is 12.6. The maximum absolute atomic E-state index is 6.81. The maximum Gasteiger partial charge on any atom is 0.160 e. The Morgan fingerprint density at radius 1 is 0.314 bits per heavy atom. The van der Waals surface area contributed by atoms with Gasteiger partial charge in [0.2, 0.25) is 0 Å². The fourth-order valence-corrected chi connectivity index (χ4v) is 7.06. The summed E-state index contributed by atoms with van der Waals surface area (Å²) in [6.07, 6.45) is 0. The Hall–Kier alpha value is -6.84. The van der Waals surface area contributed by atoms with Gasteiger partial charge >= 0.3 is 0 Å². The molecule has 0 aliphatic heterocycles. The van der Waals surface area contributed by atoms with Crippen molar-refractivity contribution in [2.45, 2.75) is 0 Å². The Morgan fingerprint density at radius 2 is 0.824 bits per heavy atom. The molecule has 0 saturated heterocycles. The molecule has 242 valence electrons. The summed E-state index contributed by atoms with van der Waals surface area (Å²) in [6, 6.07) is 72.6. The topological polar surface area (TPSA) is 19.6 Å². The molecular formula is C48H34N2O. The van der Waals surface area contributed by atoms with Crippen molar-refractivity contribution in [3.8, 4) is 22.3 Å². The summed E-state index contributed by atoms with van der Waals surface area (Å²) in [4.78, 5) is 4.64. The van der Waals surface area contributed by atoms with Crippen LogP contribution >= 0.6 is 0 Å². The van der Waals surface area contributed by atoms with Gasteiger partial charge in [-0.2, -0.15) is 0 Å². The normalized spacial score (nSPS) is 11.1. The minimum atomic E-state index is 0.849. The van der Waals surface area contributed by atoms with Crippen molar-refractivity contribution >= 4 is 56.1 Å². The molecule has 0 radical (unpaired) electrons. The summed E-state index contributed by atoms with van der Waals surface area (Å²) in [6.45, 7) is 0. The largest absolute Gasteiger partial charge is 0.454 e. The van der Waals surface area contributed by atoms with Crippen LogP contribution in [0.15, 0.2) is 211 Å². The van der Waals surface area contributed by atoms with E-state index in [0.29, 0.717) is 0 Å². The molecule has 51 heavy (non-hydrogen) atoms. The first kappa shape index (κ1) is 30.2. The monoisotopic (exact) mass is 654 g/mol. The van der Waals surface area contributed by atoms with Gasteiger partial charge in [0.25, 0.3) is 0 Å². The molecule has 0 fully saturated rings. The number of nitrogens with zero attached hydrogens (tertiary/aromatic N) is 2. The van der Waals surface area contributed by atoms with Crippen LogP contribution < -0.4 is 9.80 Å². The van der Waals surface area contributed by atoms with Crippen LogP contribution in [0.4, 0.5) is 34.1 Å². The Labute approximate surface area is 297 Å². The standard InChI is InChI=1S/C48H34N2O/c1-5-16-35(17-6-1)37-18-15-25-42(34-37)50(40-23-11-4-12-24-40)47-43(32-33-45-44-26-13-14-27-46(44)51-48(45)47)36-28-30-41(31-29-36)49(38-19-7-2-8-20-38)39-21-9-3-10-22-39/h1-34H. The SMILES string of the molecule is c1ccc(-c2cccc(N(c3ccccc3)c3c(-c4ccc(N(c5ccccc5)c5ccccc5)cc4)ccc4c3oc3ccccc34)c2)cc1. The van der Waals surface area contributed by atoms with E-state index in [9.17, 15) is 0 Å². The zero-order chi connectivity index (χ0) is 34.0. The van der Waals surface area contributed by atoms with Crippen LogP contribution in [0.25, 0.3) is 44.2 Å². The number of hydrogen-bond donors (Lipinski definition) is 0. The van der Waals surface area contributed by atoms with E-state index >= 15 is 0 Å². The lowest BCUT2D eigenvalue weighted by atomic mass is 9.98. The number of rotatable bonds is 8. The molecule has 0 spiro atoms. The molecular weight excluding hydrogens is 621 g/mol. The zero-order valence-electron chi connectivity index (χ0n) is 27.9. The lowest BCUT2D eigenvalue weighted by Crippen LogP contribution is -2.12. The average Bonchev–Trinajstić information content (AvgIpc) is 3.59. The number of para-hydroxylation sites is 4. The highest BCUT2D eigenvalue weighted by Crippen LogP contribution is 2.48. The van der Waals surface area contributed by atoms with Gasteiger partial charge in [-0.05, 0) is 89.5 Å². The molecule has 3 nitrogen and oxygen atoms in total. The van der Waals surface area contributed by atoms with Crippen LogP contribution in [-0.4, -0.2) is 0 Å². The molecule has 0 aliphatic rings. The second-order valence-electron chi connectivity index (χ2n) is 12.6. The summed E-state index contributed by atoms with van der Waals surface area (Å²) in [5.41, 5.74) is 12.6. The van der Waals surface area contributed by atoms with Gasteiger partial charge in [0.1, 0.15) is 5.58 Å². The van der Waals surface area contributed by atoms with E-state index in [4.69, 9.17) is 4.42 Å². The summed E-state index contributed by atoms with van der Waals surface area (Å²) in [5.74, 6) is 0. The van der Waals surface area contributed by atoms with Crippen LogP contribution in [0.2, 0.25) is 0 Å². The highest BCUT2D eigenvalue weighted by Gasteiger charge is 2.24. The molecule has 0 atom stereocenters. The molecule has 0 aliphatic carbocycles. The Morgan fingerprint density at radius 3 is 1.47 bits per heavy atom. The lowest BCUT2D eigenvalue weighted by molar-refractivity contribution is 0.669. The fraction of sp³-hybridized carbons (Fsp3) is 0. The van der Waals surface area contributed by atoms with Gasteiger partial charge in [-0.15, -0.1) is 0 Å². The van der Waals surface area contributed by atoms with Crippen molar-refractivity contribution in [3.05, 3.63) is 206 Å². The van der Waals surface area contributed by atoms with Gasteiger partial charge in [0.15, 0.2) is 5.58 Å². The van der Waals surface area contributed by atoms with Crippen LogP contribution in [0.1, 0.15) is 0 Å². The second kappa shape index (κ2) is 13.2. The molecule has 8 aromatic carbocycles. The molecule has 0 unspecified atom stereocenters. The summed E-state index contributed by atoms with van der Waals surface area (Å²) in [7, 11) is 0. The minimum absolute atomic E-state index is 0.849. The van der Waals surface area contributed by atoms with Crippen molar-refractivity contribution in [1.29, 1.82) is 0 Å². The highest BCUT2D eigenvalue weighted by atomic mass is 16.3. The number of furan rings is 1. The smallest absolute Gasteiger partial charge is 0.160 e. The molecule has 1 heterocycles. The quantitative estimate of drug-likeness (QED) is 0.163. The van der Waals surface area contributed by atoms with Gasteiger partial charge in [0, 0.05) is 44.8 Å². The zero-order valence-corrected chi connectivity index (χ0v) is 27.9. The third-order valence-corrected chi connectivity index (χ3v) is 9.44. The van der Waals surface area contributed by atoms with Crippen LogP contribution in [0.5, 0.6) is 0 Å². The number of fused-ring (bicyclic) bond motifs is 3. The van der Waals surface area contributed by atoms with Gasteiger partial charge in [-0.3, -0.25) is 0 Å². The van der Waals surface area contributed by atoms with Crippen LogP contribution in [0, 0.1) is 0 Å². The fourth-order valence-electron chi connectivity index (χ4n) is 7.06. The first-order valence-corrected chi connectivity index (χ1v) is 17.3. The summed E-state index contributed by atoms with van der Waals surface area (Å²) in [5, 5.41) is 2.18. The van der Waals surface area contributed by atoms with Crippen molar-refractivity contribution in [2.24, 2.45) is 0 Å². The van der Waals surface area contributed by atoms with Crippen LogP contribution in [-0.2, 0) is 0 Å². The molecule has 0 N–H and O–H groups in total.